The second kappa shape index (κ2) is 5.43. The summed E-state index contributed by atoms with van der Waals surface area (Å²) in [5.74, 6) is -0.587. The average Bonchev–Trinajstić information content (AvgIpc) is 2.43. The van der Waals surface area contributed by atoms with Gasteiger partial charge >= 0.3 is 0 Å². The van der Waals surface area contributed by atoms with Crippen LogP contribution in [0.5, 0.6) is 0 Å². The van der Waals surface area contributed by atoms with E-state index in [4.69, 9.17) is 0 Å². The topological polar surface area (TPSA) is 75.2 Å². The maximum Gasteiger partial charge on any atom is 0.271 e. The van der Waals surface area contributed by atoms with Gasteiger partial charge in [-0.2, -0.15) is 0 Å². The molecule has 1 aromatic carbocycles. The predicted molar refractivity (Wildman–Crippen MR) is 70.6 cm³/mol. The lowest BCUT2D eigenvalue weighted by atomic mass is 10.3. The summed E-state index contributed by atoms with van der Waals surface area (Å²) in [7, 11) is 3.26. The molecule has 0 aliphatic heterocycles. The van der Waals surface area contributed by atoms with E-state index in [1.165, 1.54) is 11.1 Å². The number of nitrogens with zero attached hydrogens (tertiary/aromatic N) is 3. The first-order chi connectivity index (χ1) is 9.08. The molecule has 0 atom stereocenters. The van der Waals surface area contributed by atoms with E-state index in [0.717, 1.165) is 5.52 Å². The van der Waals surface area contributed by atoms with Crippen molar-refractivity contribution in [2.75, 3.05) is 20.6 Å². The fraction of sp³-hybridized carbons (Fsp3) is 0.231. The number of amides is 2. The van der Waals surface area contributed by atoms with E-state index in [2.05, 4.69) is 15.3 Å². The number of fused-ring (bicyclic) bond motifs is 1. The monoisotopic (exact) mass is 258 g/mol. The number of rotatable bonds is 3. The molecule has 0 saturated heterocycles. The third-order valence-corrected chi connectivity index (χ3v) is 2.58. The fourth-order valence-electron chi connectivity index (χ4n) is 1.47. The van der Waals surface area contributed by atoms with Gasteiger partial charge in [0, 0.05) is 14.1 Å². The summed E-state index contributed by atoms with van der Waals surface area (Å²) < 4.78 is 0. The Kier molecular flexibility index (Phi) is 3.70. The fourth-order valence-corrected chi connectivity index (χ4v) is 1.47. The zero-order valence-corrected chi connectivity index (χ0v) is 10.8. The Morgan fingerprint density at radius 2 is 1.89 bits per heavy atom. The van der Waals surface area contributed by atoms with Crippen molar-refractivity contribution in [3.05, 3.63) is 36.2 Å². The van der Waals surface area contributed by atoms with Crippen LogP contribution < -0.4 is 5.32 Å². The van der Waals surface area contributed by atoms with Gasteiger partial charge in [-0.25, -0.2) is 4.98 Å². The number of carbonyl (C=O) groups excluding carboxylic acids is 2. The van der Waals surface area contributed by atoms with Crippen molar-refractivity contribution < 1.29 is 9.59 Å². The first-order valence-electron chi connectivity index (χ1n) is 5.78. The summed E-state index contributed by atoms with van der Waals surface area (Å²) >= 11 is 0. The van der Waals surface area contributed by atoms with Crippen molar-refractivity contribution in [2.45, 2.75) is 0 Å². The van der Waals surface area contributed by atoms with Crippen LogP contribution in [0.3, 0.4) is 0 Å². The van der Waals surface area contributed by atoms with Gasteiger partial charge in [0.15, 0.2) is 0 Å². The molecule has 1 N–H and O–H groups in total. The maximum absolute atomic E-state index is 11.8. The summed E-state index contributed by atoms with van der Waals surface area (Å²) in [5, 5.41) is 2.51. The van der Waals surface area contributed by atoms with Gasteiger partial charge in [0.05, 0.1) is 23.8 Å². The Balaban J connectivity index is 2.11. The number of nitrogens with one attached hydrogen (secondary N) is 1. The Bertz CT molecular complexity index is 625. The number of hydrogen-bond donors (Lipinski definition) is 1. The number of benzene rings is 1. The van der Waals surface area contributed by atoms with Crippen LogP contribution in [0.2, 0.25) is 0 Å². The van der Waals surface area contributed by atoms with E-state index in [9.17, 15) is 9.59 Å². The van der Waals surface area contributed by atoms with Crippen molar-refractivity contribution in [2.24, 2.45) is 0 Å². The molecule has 98 valence electrons. The summed E-state index contributed by atoms with van der Waals surface area (Å²) in [5.41, 5.74) is 1.57. The highest BCUT2D eigenvalue weighted by Crippen LogP contribution is 2.08. The van der Waals surface area contributed by atoms with Crippen LogP contribution >= 0.6 is 0 Å². The zero-order valence-electron chi connectivity index (χ0n) is 10.8. The molecular weight excluding hydrogens is 244 g/mol. The molecule has 2 amide bonds. The highest BCUT2D eigenvalue weighted by molar-refractivity contribution is 5.95. The first kappa shape index (κ1) is 12.9. The SMILES string of the molecule is CN(C)C(=O)CNC(=O)c1cnc2ccccc2n1. The highest BCUT2D eigenvalue weighted by atomic mass is 16.2. The predicted octanol–water partition coefficient (Wildman–Crippen LogP) is 0.448. The van der Waals surface area contributed by atoms with E-state index in [1.807, 2.05) is 18.2 Å². The molecule has 2 rings (SSSR count). The normalized spacial score (nSPS) is 10.2. The summed E-state index contributed by atoms with van der Waals surface area (Å²) in [6.45, 7) is -0.0552. The molecular formula is C13H14N4O2. The van der Waals surface area contributed by atoms with E-state index >= 15 is 0 Å². The lowest BCUT2D eigenvalue weighted by molar-refractivity contribution is -0.127. The van der Waals surface area contributed by atoms with Crippen LogP contribution in [0.15, 0.2) is 30.5 Å². The molecule has 0 saturated carbocycles. The molecule has 0 bridgehead atoms. The molecule has 0 aliphatic carbocycles. The van der Waals surface area contributed by atoms with Crippen LogP contribution in [0.1, 0.15) is 10.5 Å². The molecule has 0 fully saturated rings. The zero-order chi connectivity index (χ0) is 13.8. The van der Waals surface area contributed by atoms with Crippen molar-refractivity contribution in [3.63, 3.8) is 0 Å². The Morgan fingerprint density at radius 3 is 2.58 bits per heavy atom. The lowest BCUT2D eigenvalue weighted by Gasteiger charge is -2.10. The lowest BCUT2D eigenvalue weighted by Crippen LogP contribution is -2.36. The minimum atomic E-state index is -0.409. The quantitative estimate of drug-likeness (QED) is 0.867. The van der Waals surface area contributed by atoms with Crippen molar-refractivity contribution in [1.82, 2.24) is 20.2 Å². The maximum atomic E-state index is 11.8. The van der Waals surface area contributed by atoms with E-state index in [0.29, 0.717) is 5.52 Å². The molecule has 19 heavy (non-hydrogen) atoms. The smallest absolute Gasteiger partial charge is 0.271 e. The average molecular weight is 258 g/mol. The van der Waals surface area contributed by atoms with Gasteiger partial charge in [-0.05, 0) is 12.1 Å². The molecule has 2 aromatic rings. The van der Waals surface area contributed by atoms with Gasteiger partial charge in [-0.15, -0.1) is 0 Å². The van der Waals surface area contributed by atoms with Gasteiger partial charge in [0.2, 0.25) is 5.91 Å². The van der Waals surface area contributed by atoms with E-state index in [-0.39, 0.29) is 18.1 Å². The van der Waals surface area contributed by atoms with Crippen LogP contribution in [-0.4, -0.2) is 47.3 Å². The second-order valence-electron chi connectivity index (χ2n) is 4.21. The Hall–Kier alpha value is -2.50. The standard InChI is InChI=1S/C13H14N4O2/c1-17(2)12(18)8-15-13(19)11-7-14-9-5-3-4-6-10(9)16-11/h3-7H,8H2,1-2H3,(H,15,19). The second-order valence-corrected chi connectivity index (χ2v) is 4.21. The van der Waals surface area contributed by atoms with Crippen molar-refractivity contribution >= 4 is 22.8 Å². The first-order valence-corrected chi connectivity index (χ1v) is 5.78. The van der Waals surface area contributed by atoms with Gasteiger partial charge in [-0.1, -0.05) is 12.1 Å². The number of likely N-dealkylation sites (N-methyl/N-ethyl adjacent to an activating group) is 1. The Morgan fingerprint density at radius 1 is 1.21 bits per heavy atom. The third kappa shape index (κ3) is 3.04. The number of para-hydroxylation sites is 2. The minimum absolute atomic E-state index is 0.0552. The van der Waals surface area contributed by atoms with Crippen molar-refractivity contribution in [3.8, 4) is 0 Å². The Labute approximate surface area is 110 Å². The molecule has 6 heteroatoms. The van der Waals surface area contributed by atoms with Gasteiger partial charge in [-0.3, -0.25) is 14.6 Å². The molecule has 0 spiro atoms. The van der Waals surface area contributed by atoms with Crippen LogP contribution in [0.4, 0.5) is 0 Å². The van der Waals surface area contributed by atoms with E-state index in [1.54, 1.807) is 20.2 Å². The summed E-state index contributed by atoms with van der Waals surface area (Å²) in [6, 6.07) is 7.28. The van der Waals surface area contributed by atoms with Crippen LogP contribution in [0, 0.1) is 0 Å². The molecule has 0 aliphatic rings. The van der Waals surface area contributed by atoms with Crippen molar-refractivity contribution in [1.29, 1.82) is 0 Å². The largest absolute Gasteiger partial charge is 0.347 e. The van der Waals surface area contributed by atoms with Crippen LogP contribution in [-0.2, 0) is 4.79 Å². The number of aromatic nitrogens is 2. The van der Waals surface area contributed by atoms with Gasteiger partial charge in [0.1, 0.15) is 5.69 Å². The summed E-state index contributed by atoms with van der Waals surface area (Å²) in [6.07, 6.45) is 1.40. The number of carbonyl (C=O) groups is 2. The molecule has 1 aromatic heterocycles. The molecule has 6 nitrogen and oxygen atoms in total. The number of hydrogen-bond acceptors (Lipinski definition) is 4. The highest BCUT2D eigenvalue weighted by Gasteiger charge is 2.11. The van der Waals surface area contributed by atoms with Gasteiger partial charge < -0.3 is 10.2 Å². The molecule has 0 unspecified atom stereocenters. The minimum Gasteiger partial charge on any atom is -0.347 e. The molecule has 0 radical (unpaired) electrons. The van der Waals surface area contributed by atoms with Crippen LogP contribution in [0.25, 0.3) is 11.0 Å². The molecule has 1 heterocycles. The van der Waals surface area contributed by atoms with E-state index < -0.39 is 5.91 Å². The third-order valence-electron chi connectivity index (χ3n) is 2.58. The summed E-state index contributed by atoms with van der Waals surface area (Å²) in [4.78, 5) is 33.0. The van der Waals surface area contributed by atoms with Gasteiger partial charge in [0.25, 0.3) is 5.91 Å².